The molecular weight excluding hydrogens is 746 g/mol. The molecule has 1 unspecified atom stereocenters. The zero-order valence-corrected chi connectivity index (χ0v) is 31.1. The normalized spacial score (nSPS) is 18.7. The Balaban J connectivity index is 0.949. The molecule has 15 nitrogen and oxygen atoms in total. The Kier molecular flexibility index (Phi) is 9.48. The highest BCUT2D eigenvalue weighted by Crippen LogP contribution is 2.40. The van der Waals surface area contributed by atoms with Crippen LogP contribution in [0.25, 0.3) is 21.8 Å². The van der Waals surface area contributed by atoms with Crippen LogP contribution in [0.15, 0.2) is 77.6 Å². The number of anilines is 2. The molecule has 0 saturated carbocycles. The fourth-order valence-corrected chi connectivity index (χ4v) is 8.93. The van der Waals surface area contributed by atoms with E-state index in [1.54, 1.807) is 30.1 Å². The summed E-state index contributed by atoms with van der Waals surface area (Å²) in [4.78, 5) is 64.6. The summed E-state index contributed by atoms with van der Waals surface area (Å²) in [6.45, 7) is 0.410. The number of carbonyl (C=O) groups excluding carboxylic acids is 4. The van der Waals surface area contributed by atoms with Crippen molar-refractivity contribution in [1.82, 2.24) is 24.1 Å². The Morgan fingerprint density at radius 3 is 2.39 bits per heavy atom. The van der Waals surface area contributed by atoms with Gasteiger partial charge in [-0.05, 0) is 84.5 Å². The van der Waals surface area contributed by atoms with Gasteiger partial charge in [0.2, 0.25) is 11.8 Å². The summed E-state index contributed by atoms with van der Waals surface area (Å²) >= 11 is 0. The number of imidazole rings is 1. The van der Waals surface area contributed by atoms with Gasteiger partial charge in [0.1, 0.15) is 30.6 Å². The van der Waals surface area contributed by atoms with Crippen LogP contribution in [-0.2, 0) is 44.7 Å². The van der Waals surface area contributed by atoms with Gasteiger partial charge in [-0.1, -0.05) is 36.4 Å². The number of halogens is 1. The molecule has 0 bridgehead atoms. The zero-order valence-electron chi connectivity index (χ0n) is 30.3. The summed E-state index contributed by atoms with van der Waals surface area (Å²) in [5.74, 6) is -2.32. The molecule has 56 heavy (non-hydrogen) atoms. The molecule has 3 aliphatic rings. The molecule has 5 amide bonds. The summed E-state index contributed by atoms with van der Waals surface area (Å²) in [6.07, 6.45) is 2.65. The van der Waals surface area contributed by atoms with E-state index in [1.807, 2.05) is 41.1 Å². The van der Waals surface area contributed by atoms with Crippen LogP contribution in [-0.4, -0.2) is 65.8 Å². The number of aryl methyl sites for hydroxylation is 1. The number of ether oxygens (including phenoxy) is 1. The van der Waals surface area contributed by atoms with Crippen molar-refractivity contribution in [2.45, 2.75) is 44.8 Å². The van der Waals surface area contributed by atoms with Gasteiger partial charge >= 0.3 is 21.9 Å². The van der Waals surface area contributed by atoms with Crippen molar-refractivity contribution < 1.29 is 36.7 Å². The Morgan fingerprint density at radius 1 is 0.911 bits per heavy atom. The first-order valence-corrected chi connectivity index (χ1v) is 19.7. The van der Waals surface area contributed by atoms with Gasteiger partial charge in [-0.15, -0.1) is 0 Å². The molecule has 0 aliphatic carbocycles. The van der Waals surface area contributed by atoms with Crippen molar-refractivity contribution in [3.05, 3.63) is 100 Å². The quantitative estimate of drug-likeness (QED) is 0.199. The molecule has 3 saturated heterocycles. The maximum Gasteiger partial charge on any atom is 0.329 e. The lowest BCUT2D eigenvalue weighted by atomic mass is 9.90. The average molecular weight is 784 g/mol. The van der Waals surface area contributed by atoms with Crippen molar-refractivity contribution in [1.29, 1.82) is 0 Å². The van der Waals surface area contributed by atoms with Crippen LogP contribution in [0.4, 0.5) is 20.6 Å². The highest BCUT2D eigenvalue weighted by atomic mass is 32.2. The minimum absolute atomic E-state index is 0.00673. The molecule has 3 fully saturated rings. The van der Waals surface area contributed by atoms with Crippen molar-refractivity contribution in [3.63, 3.8) is 0 Å². The molecular formula is C39H38FN7O8S. The van der Waals surface area contributed by atoms with E-state index < -0.39 is 40.4 Å². The van der Waals surface area contributed by atoms with Crippen molar-refractivity contribution >= 4 is 67.1 Å². The number of nitrogens with one attached hydrogen (secondary N) is 3. The molecule has 4 heterocycles. The minimum Gasteiger partial charge on any atom is -0.487 e. The Labute approximate surface area is 320 Å². The number of fused-ring (bicyclic) bond motifs is 2. The Morgan fingerprint density at radius 2 is 1.68 bits per heavy atom. The van der Waals surface area contributed by atoms with Crippen LogP contribution in [0.3, 0.4) is 0 Å². The van der Waals surface area contributed by atoms with Gasteiger partial charge in [0.05, 0.1) is 11.0 Å². The largest absolute Gasteiger partial charge is 0.487 e. The van der Waals surface area contributed by atoms with Gasteiger partial charge in [0, 0.05) is 37.6 Å². The fraction of sp³-hybridized carbons (Fsp3) is 0.308. The summed E-state index contributed by atoms with van der Waals surface area (Å²) in [6, 6.07) is 19.8. The van der Waals surface area contributed by atoms with E-state index in [-0.39, 0.29) is 59.8 Å². The lowest BCUT2D eigenvalue weighted by Gasteiger charge is -2.32. The van der Waals surface area contributed by atoms with Crippen LogP contribution in [0.1, 0.15) is 42.9 Å². The highest BCUT2D eigenvalue weighted by Gasteiger charge is 2.38. The second kappa shape index (κ2) is 14.4. The third kappa shape index (κ3) is 6.93. The summed E-state index contributed by atoms with van der Waals surface area (Å²) in [5.41, 5.74) is 2.81. The number of amides is 5. The molecule has 1 atom stereocenters. The second-order valence-corrected chi connectivity index (χ2v) is 15.9. The number of nitrogens with zero attached hydrogens (tertiary/aromatic N) is 4. The molecule has 17 heteroatoms. The molecule has 4 aromatic carbocycles. The fourth-order valence-electron chi connectivity index (χ4n) is 7.77. The van der Waals surface area contributed by atoms with E-state index in [0.717, 1.165) is 30.4 Å². The zero-order chi connectivity index (χ0) is 39.3. The predicted octanol–water partition coefficient (Wildman–Crippen LogP) is 3.86. The van der Waals surface area contributed by atoms with Crippen molar-refractivity contribution in [2.75, 3.05) is 29.3 Å². The predicted molar refractivity (Wildman–Crippen MR) is 205 cm³/mol. The second-order valence-electron chi connectivity index (χ2n) is 14.4. The third-order valence-corrected chi connectivity index (χ3v) is 12.1. The lowest BCUT2D eigenvalue weighted by Crippen LogP contribution is -2.44. The van der Waals surface area contributed by atoms with Crippen LogP contribution >= 0.6 is 0 Å². The standard InChI is InChI=1S/C39H38FN7O8S/c1-44-31-18-25(7-10-29(31)47(39(44)52)30-11-12-33(48)42-37(30)50)17-23-13-15-45(16-14-23)38(51)41-27-8-9-28-26(19-27)20-32(55-22-24-5-3-2-4-6-24)36(35(28)40)46-21-34(49)43-56(46,53)54/h2-10,18-20,23,30H,11-17,21-22H2,1H3,(H,41,51)(H,43,49)(H,42,48,50). The van der Waals surface area contributed by atoms with E-state index in [4.69, 9.17) is 4.74 Å². The van der Waals surface area contributed by atoms with Crippen molar-refractivity contribution in [3.8, 4) is 5.75 Å². The van der Waals surface area contributed by atoms with Gasteiger partial charge < -0.3 is 15.0 Å². The van der Waals surface area contributed by atoms with Gasteiger partial charge in [0.25, 0.3) is 5.91 Å². The lowest BCUT2D eigenvalue weighted by molar-refractivity contribution is -0.135. The van der Waals surface area contributed by atoms with Gasteiger partial charge in [-0.25, -0.2) is 23.0 Å². The summed E-state index contributed by atoms with van der Waals surface area (Å²) in [5, 5.41) is 5.65. The maximum atomic E-state index is 16.2. The number of piperidine rings is 2. The number of hydrogen-bond acceptors (Lipinski definition) is 8. The average Bonchev–Trinajstić information content (AvgIpc) is 3.59. The van der Waals surface area contributed by atoms with Gasteiger partial charge in [-0.3, -0.25) is 28.8 Å². The monoisotopic (exact) mass is 783 g/mol. The van der Waals surface area contributed by atoms with Crippen LogP contribution in [0, 0.1) is 11.7 Å². The number of likely N-dealkylation sites (tertiary alicyclic amines) is 1. The smallest absolute Gasteiger partial charge is 0.329 e. The highest BCUT2D eigenvalue weighted by molar-refractivity contribution is 7.92. The number of carbonyl (C=O) groups is 4. The molecule has 0 radical (unpaired) electrons. The van der Waals surface area contributed by atoms with Crippen LogP contribution in [0.2, 0.25) is 0 Å². The number of imide groups is 1. The first kappa shape index (κ1) is 36.7. The molecule has 290 valence electrons. The van der Waals surface area contributed by atoms with E-state index >= 15 is 4.39 Å². The van der Waals surface area contributed by atoms with Crippen LogP contribution < -0.4 is 30.1 Å². The van der Waals surface area contributed by atoms with E-state index in [2.05, 4.69) is 10.6 Å². The first-order chi connectivity index (χ1) is 26.9. The summed E-state index contributed by atoms with van der Waals surface area (Å²) in [7, 11) is -2.68. The molecule has 1 aromatic heterocycles. The molecule has 8 rings (SSSR count). The number of aromatic nitrogens is 2. The van der Waals surface area contributed by atoms with Gasteiger partial charge in [0.15, 0.2) is 5.82 Å². The topological polar surface area (TPSA) is 181 Å². The molecule has 3 N–H and O–H groups in total. The number of benzene rings is 4. The van der Waals surface area contributed by atoms with Crippen molar-refractivity contribution in [2.24, 2.45) is 13.0 Å². The minimum atomic E-state index is -4.35. The van der Waals surface area contributed by atoms with E-state index in [0.29, 0.717) is 39.5 Å². The van der Waals surface area contributed by atoms with Gasteiger partial charge in [-0.2, -0.15) is 8.42 Å². The third-order valence-electron chi connectivity index (χ3n) is 10.7. The number of hydrogen-bond donors (Lipinski definition) is 3. The Bertz CT molecular complexity index is 2600. The molecule has 0 spiro atoms. The molecule has 3 aliphatic heterocycles. The SMILES string of the molecule is Cn1c(=O)n(C2CCC(=O)NC2=O)c2ccc(CC3CCN(C(=O)Nc4ccc5c(F)c(N6CC(=O)NS6(=O)=O)c(OCc6ccccc6)cc5c4)CC3)cc21. The maximum absolute atomic E-state index is 16.2. The molecule has 5 aromatic rings. The van der Waals surface area contributed by atoms with E-state index in [9.17, 15) is 32.4 Å². The summed E-state index contributed by atoms with van der Waals surface area (Å²) < 4.78 is 53.2. The Hall–Kier alpha value is -6.23. The van der Waals surface area contributed by atoms with E-state index in [1.165, 1.54) is 27.3 Å². The number of urea groups is 1. The first-order valence-electron chi connectivity index (χ1n) is 18.2. The van der Waals surface area contributed by atoms with Crippen LogP contribution in [0.5, 0.6) is 5.75 Å². The number of rotatable bonds is 8.